The summed E-state index contributed by atoms with van der Waals surface area (Å²) in [6.07, 6.45) is 1.50. The maximum absolute atomic E-state index is 12.3. The fraction of sp³-hybridized carbons (Fsp3) is 0.300. The van der Waals surface area contributed by atoms with E-state index >= 15 is 0 Å². The topological polar surface area (TPSA) is 88.8 Å². The van der Waals surface area contributed by atoms with Crippen LogP contribution in [0.5, 0.6) is 0 Å². The molecule has 6 heteroatoms. The van der Waals surface area contributed by atoms with Gasteiger partial charge in [-0.25, -0.2) is 4.79 Å². The van der Waals surface area contributed by atoms with E-state index in [-0.39, 0.29) is 19.0 Å². The lowest BCUT2D eigenvalue weighted by molar-refractivity contribution is -0.140. The Morgan fingerprint density at radius 3 is 2.73 bits per heavy atom. The third kappa shape index (κ3) is 5.07. The molecule has 0 aliphatic rings. The quantitative estimate of drug-likeness (QED) is 0.530. The van der Waals surface area contributed by atoms with Crippen molar-refractivity contribution >= 4 is 11.9 Å². The van der Waals surface area contributed by atoms with Gasteiger partial charge >= 0.3 is 5.97 Å². The van der Waals surface area contributed by atoms with E-state index in [0.29, 0.717) is 11.7 Å². The van der Waals surface area contributed by atoms with Crippen LogP contribution in [0.2, 0.25) is 0 Å². The number of nitrogens with one attached hydrogen (secondary N) is 1. The van der Waals surface area contributed by atoms with Crippen LogP contribution in [0.1, 0.15) is 35.9 Å². The number of benzene rings is 1. The van der Waals surface area contributed by atoms with Crippen molar-refractivity contribution in [2.75, 3.05) is 13.2 Å². The molecule has 0 aliphatic heterocycles. The van der Waals surface area contributed by atoms with Gasteiger partial charge in [0.25, 0.3) is 5.91 Å². The van der Waals surface area contributed by atoms with E-state index in [9.17, 15) is 14.7 Å². The zero-order valence-electron chi connectivity index (χ0n) is 14.9. The van der Waals surface area contributed by atoms with Gasteiger partial charge in [-0.2, -0.15) is 0 Å². The molecule has 1 unspecified atom stereocenters. The largest absolute Gasteiger partial charge is 0.480 e. The maximum Gasteiger partial charge on any atom is 0.328 e. The Morgan fingerprint density at radius 1 is 1.31 bits per heavy atom. The highest BCUT2D eigenvalue weighted by atomic mass is 16.5. The lowest BCUT2D eigenvalue weighted by Gasteiger charge is -2.13. The lowest BCUT2D eigenvalue weighted by Crippen LogP contribution is -2.44. The van der Waals surface area contributed by atoms with E-state index in [1.54, 1.807) is 6.07 Å². The standard InChI is InChI=1S/C20H23NO5/c1-4-10-25-12-16(20(23)24)21-19(22)18-9-8-17(26-18)15-7-5-6-14(11-15)13(2)3/h4-9,11,13,16H,1,10,12H2,2-3H3,(H,21,22)(H,23,24). The van der Waals surface area contributed by atoms with Gasteiger partial charge in [-0.1, -0.05) is 38.1 Å². The molecule has 1 heterocycles. The first-order valence-corrected chi connectivity index (χ1v) is 8.34. The number of carbonyl (C=O) groups is 2. The van der Waals surface area contributed by atoms with Crippen LogP contribution < -0.4 is 5.32 Å². The molecule has 138 valence electrons. The van der Waals surface area contributed by atoms with Gasteiger partial charge in [-0.3, -0.25) is 4.79 Å². The van der Waals surface area contributed by atoms with Gasteiger partial charge < -0.3 is 19.6 Å². The Bertz CT molecular complexity index is 778. The number of hydrogen-bond acceptors (Lipinski definition) is 4. The van der Waals surface area contributed by atoms with Crippen molar-refractivity contribution < 1.29 is 23.8 Å². The molecule has 1 aromatic carbocycles. The zero-order chi connectivity index (χ0) is 19.1. The Hall–Kier alpha value is -2.86. The molecule has 0 saturated carbocycles. The highest BCUT2D eigenvalue weighted by Gasteiger charge is 2.22. The first kappa shape index (κ1) is 19.5. The van der Waals surface area contributed by atoms with Crippen molar-refractivity contribution in [1.29, 1.82) is 0 Å². The normalized spacial score (nSPS) is 12.0. The third-order valence-corrected chi connectivity index (χ3v) is 3.79. The minimum atomic E-state index is -1.18. The van der Waals surface area contributed by atoms with E-state index in [1.807, 2.05) is 24.3 Å². The summed E-state index contributed by atoms with van der Waals surface area (Å²) in [5, 5.41) is 11.6. The van der Waals surface area contributed by atoms with Gasteiger partial charge in [0.05, 0.1) is 13.2 Å². The van der Waals surface area contributed by atoms with Crippen molar-refractivity contribution in [3.05, 3.63) is 60.4 Å². The fourth-order valence-electron chi connectivity index (χ4n) is 2.34. The summed E-state index contributed by atoms with van der Waals surface area (Å²) < 4.78 is 10.7. The van der Waals surface area contributed by atoms with Crippen LogP contribution in [-0.2, 0) is 9.53 Å². The first-order valence-electron chi connectivity index (χ1n) is 8.34. The average molecular weight is 357 g/mol. The first-order chi connectivity index (χ1) is 12.4. The highest BCUT2D eigenvalue weighted by Crippen LogP contribution is 2.25. The van der Waals surface area contributed by atoms with E-state index < -0.39 is 17.9 Å². The second kappa shape index (κ2) is 9.01. The number of ether oxygens (including phenoxy) is 1. The zero-order valence-corrected chi connectivity index (χ0v) is 14.9. The molecule has 1 atom stereocenters. The summed E-state index contributed by atoms with van der Waals surface area (Å²) in [6.45, 7) is 7.73. The molecule has 1 aromatic heterocycles. The van der Waals surface area contributed by atoms with Gasteiger partial charge in [0.1, 0.15) is 5.76 Å². The van der Waals surface area contributed by atoms with Crippen LogP contribution in [0.15, 0.2) is 53.5 Å². The minimum absolute atomic E-state index is 0.0462. The molecule has 2 N–H and O–H groups in total. The Balaban J connectivity index is 2.10. The van der Waals surface area contributed by atoms with Crippen LogP contribution >= 0.6 is 0 Å². The second-order valence-corrected chi connectivity index (χ2v) is 6.13. The number of aliphatic carboxylic acids is 1. The number of hydrogen-bond donors (Lipinski definition) is 2. The average Bonchev–Trinajstić information content (AvgIpc) is 3.11. The molecule has 26 heavy (non-hydrogen) atoms. The summed E-state index contributed by atoms with van der Waals surface area (Å²) in [7, 11) is 0. The molecule has 1 amide bonds. The van der Waals surface area contributed by atoms with Crippen LogP contribution in [0.4, 0.5) is 0 Å². The Labute approximate surface area is 152 Å². The van der Waals surface area contributed by atoms with Crippen LogP contribution in [0, 0.1) is 0 Å². The Morgan fingerprint density at radius 2 is 2.08 bits per heavy atom. The molecule has 2 rings (SSSR count). The summed E-state index contributed by atoms with van der Waals surface area (Å²) in [4.78, 5) is 23.5. The molecular weight excluding hydrogens is 334 g/mol. The predicted octanol–water partition coefficient (Wildman–Crippen LogP) is 3.46. The summed E-state index contributed by atoms with van der Waals surface area (Å²) in [6, 6.07) is 9.93. The molecule has 0 saturated heterocycles. The molecule has 0 spiro atoms. The number of carboxylic acids is 1. The molecule has 2 aromatic rings. The van der Waals surface area contributed by atoms with Crippen LogP contribution in [0.25, 0.3) is 11.3 Å². The van der Waals surface area contributed by atoms with Crippen LogP contribution in [0.3, 0.4) is 0 Å². The smallest absolute Gasteiger partial charge is 0.328 e. The van der Waals surface area contributed by atoms with E-state index in [0.717, 1.165) is 11.1 Å². The van der Waals surface area contributed by atoms with E-state index in [4.69, 9.17) is 9.15 Å². The summed E-state index contributed by atoms with van der Waals surface area (Å²) >= 11 is 0. The maximum atomic E-state index is 12.3. The van der Waals surface area contributed by atoms with Crippen molar-refractivity contribution in [2.45, 2.75) is 25.8 Å². The van der Waals surface area contributed by atoms with Crippen LogP contribution in [-0.4, -0.2) is 36.2 Å². The van der Waals surface area contributed by atoms with Gasteiger partial charge in [0, 0.05) is 5.56 Å². The minimum Gasteiger partial charge on any atom is -0.480 e. The third-order valence-electron chi connectivity index (χ3n) is 3.79. The van der Waals surface area contributed by atoms with Gasteiger partial charge in [-0.15, -0.1) is 6.58 Å². The molecule has 0 bridgehead atoms. The molecule has 6 nitrogen and oxygen atoms in total. The number of carboxylic acid groups (broad SMARTS) is 1. The van der Waals surface area contributed by atoms with E-state index in [2.05, 4.69) is 25.7 Å². The summed E-state index contributed by atoms with van der Waals surface area (Å²) in [5.41, 5.74) is 2.02. The lowest BCUT2D eigenvalue weighted by atomic mass is 10.0. The second-order valence-electron chi connectivity index (χ2n) is 6.13. The van der Waals surface area contributed by atoms with Crippen molar-refractivity contribution in [3.63, 3.8) is 0 Å². The van der Waals surface area contributed by atoms with Crippen molar-refractivity contribution in [2.24, 2.45) is 0 Å². The van der Waals surface area contributed by atoms with E-state index in [1.165, 1.54) is 12.1 Å². The molecule has 0 radical (unpaired) electrons. The Kier molecular flexibility index (Phi) is 6.74. The monoisotopic (exact) mass is 357 g/mol. The van der Waals surface area contributed by atoms with Crippen molar-refractivity contribution in [1.82, 2.24) is 5.32 Å². The molecule has 0 aliphatic carbocycles. The molecule has 0 fully saturated rings. The predicted molar refractivity (Wildman–Crippen MR) is 98.1 cm³/mol. The summed E-state index contributed by atoms with van der Waals surface area (Å²) in [5.74, 6) is -0.818. The number of furan rings is 1. The number of carbonyl (C=O) groups excluding carboxylic acids is 1. The molecular formula is C20H23NO5. The van der Waals surface area contributed by atoms with Crippen molar-refractivity contribution in [3.8, 4) is 11.3 Å². The van der Waals surface area contributed by atoms with Gasteiger partial charge in [0.15, 0.2) is 11.8 Å². The SMILES string of the molecule is C=CCOCC(NC(=O)c1ccc(-c2cccc(C(C)C)c2)o1)C(=O)O. The van der Waals surface area contributed by atoms with Gasteiger partial charge in [-0.05, 0) is 29.7 Å². The van der Waals surface area contributed by atoms with Gasteiger partial charge in [0.2, 0.25) is 0 Å². The fourth-order valence-corrected chi connectivity index (χ4v) is 2.34. The number of rotatable bonds is 9. The highest BCUT2D eigenvalue weighted by molar-refractivity contribution is 5.94. The number of amides is 1.